The van der Waals surface area contributed by atoms with Crippen LogP contribution in [0.15, 0.2) is 52.9 Å². The summed E-state index contributed by atoms with van der Waals surface area (Å²) in [5.41, 5.74) is 3.57. The number of hydrogen-bond donors (Lipinski definition) is 0. The maximum absolute atomic E-state index is 13.2. The molecule has 4 rings (SSSR count). The number of anilines is 1. The Kier molecular flexibility index (Phi) is 5.11. The topological polar surface area (TPSA) is 57.0 Å². The second-order valence-corrected chi connectivity index (χ2v) is 7.75. The number of amides is 2. The molecule has 1 saturated heterocycles. The van der Waals surface area contributed by atoms with Crippen molar-refractivity contribution in [2.75, 3.05) is 38.6 Å². The molecule has 6 heteroatoms. The number of para-hydroxylation sites is 1. The van der Waals surface area contributed by atoms with E-state index in [9.17, 15) is 9.59 Å². The van der Waals surface area contributed by atoms with E-state index >= 15 is 0 Å². The fourth-order valence-electron chi connectivity index (χ4n) is 3.73. The lowest BCUT2D eigenvalue weighted by Crippen LogP contribution is -2.52. The number of benzene rings is 2. The molecule has 1 aromatic heterocycles. The molecule has 150 valence electrons. The number of hydrogen-bond acceptors (Lipinski definition) is 4. The molecule has 2 aromatic carbocycles. The van der Waals surface area contributed by atoms with Crippen molar-refractivity contribution >= 4 is 28.5 Å². The highest BCUT2D eigenvalue weighted by molar-refractivity contribution is 6.03. The molecule has 0 bridgehead atoms. The number of furan rings is 1. The van der Waals surface area contributed by atoms with Gasteiger partial charge in [0.15, 0.2) is 5.76 Å². The smallest absolute Gasteiger partial charge is 0.290 e. The number of aryl methyl sites for hydroxylation is 1. The van der Waals surface area contributed by atoms with Gasteiger partial charge in [0.05, 0.1) is 0 Å². The summed E-state index contributed by atoms with van der Waals surface area (Å²) in [6, 6.07) is 15.5. The van der Waals surface area contributed by atoms with E-state index in [4.69, 9.17) is 4.42 Å². The summed E-state index contributed by atoms with van der Waals surface area (Å²) < 4.78 is 5.93. The van der Waals surface area contributed by atoms with Crippen molar-refractivity contribution in [1.82, 2.24) is 9.80 Å². The van der Waals surface area contributed by atoms with E-state index in [0.717, 1.165) is 22.2 Å². The molecule has 1 aliphatic rings. The third kappa shape index (κ3) is 3.76. The van der Waals surface area contributed by atoms with Crippen LogP contribution in [0.1, 0.15) is 21.7 Å². The Morgan fingerprint density at radius 2 is 1.79 bits per heavy atom. The molecule has 2 heterocycles. The largest absolute Gasteiger partial charge is 0.451 e. The van der Waals surface area contributed by atoms with Gasteiger partial charge in [-0.25, -0.2) is 0 Å². The van der Waals surface area contributed by atoms with Gasteiger partial charge < -0.3 is 19.1 Å². The molecule has 2 amide bonds. The summed E-state index contributed by atoms with van der Waals surface area (Å²) in [5, 5.41) is 0.939. The Hall–Kier alpha value is -3.12. The van der Waals surface area contributed by atoms with E-state index in [1.807, 2.05) is 74.4 Å². The lowest BCUT2D eigenvalue weighted by molar-refractivity contribution is -0.120. The first-order valence-electron chi connectivity index (χ1n) is 9.75. The van der Waals surface area contributed by atoms with Gasteiger partial charge in [0.1, 0.15) is 12.1 Å². The van der Waals surface area contributed by atoms with Crippen LogP contribution in [-0.2, 0) is 11.3 Å². The van der Waals surface area contributed by atoms with Crippen LogP contribution in [0.4, 0.5) is 5.69 Å². The van der Waals surface area contributed by atoms with Crippen molar-refractivity contribution in [2.45, 2.75) is 13.5 Å². The highest BCUT2D eigenvalue weighted by Gasteiger charge is 2.32. The number of fused-ring (bicyclic) bond motifs is 1. The molecule has 3 aromatic rings. The molecule has 0 atom stereocenters. The molecule has 0 unspecified atom stereocenters. The number of rotatable bonds is 4. The average Bonchev–Trinajstić information content (AvgIpc) is 3.06. The molecule has 0 aliphatic carbocycles. The standard InChI is InChI=1S/C23H25N3O3/c1-16-8-10-17(11-9-16)26-13-12-25(15-21(26)27)23(28)22-19(14-24(2)3)18-6-4-5-7-20(18)29-22/h4-11H,12-15H2,1-3H3. The van der Waals surface area contributed by atoms with Crippen LogP contribution < -0.4 is 4.90 Å². The second kappa shape index (κ2) is 7.72. The molecular formula is C23H25N3O3. The van der Waals surface area contributed by atoms with Crippen LogP contribution in [0.3, 0.4) is 0 Å². The number of carbonyl (C=O) groups is 2. The molecular weight excluding hydrogens is 366 g/mol. The first-order chi connectivity index (χ1) is 13.9. The molecule has 0 spiro atoms. The third-order valence-electron chi connectivity index (χ3n) is 5.22. The number of nitrogens with zero attached hydrogens (tertiary/aromatic N) is 3. The van der Waals surface area contributed by atoms with Crippen LogP contribution >= 0.6 is 0 Å². The summed E-state index contributed by atoms with van der Waals surface area (Å²) in [5.74, 6) is 0.0187. The summed E-state index contributed by atoms with van der Waals surface area (Å²) in [7, 11) is 3.92. The number of piperazine rings is 1. The summed E-state index contributed by atoms with van der Waals surface area (Å²) in [4.78, 5) is 31.3. The van der Waals surface area contributed by atoms with Crippen LogP contribution in [-0.4, -0.2) is 55.3 Å². The van der Waals surface area contributed by atoms with Crippen molar-refractivity contribution < 1.29 is 14.0 Å². The average molecular weight is 391 g/mol. The van der Waals surface area contributed by atoms with E-state index in [-0.39, 0.29) is 18.4 Å². The Bertz CT molecular complexity index is 1050. The van der Waals surface area contributed by atoms with Gasteiger partial charge in [-0.05, 0) is 39.2 Å². The first-order valence-corrected chi connectivity index (χ1v) is 9.75. The molecule has 29 heavy (non-hydrogen) atoms. The zero-order valence-corrected chi connectivity index (χ0v) is 17.0. The zero-order valence-electron chi connectivity index (χ0n) is 17.0. The van der Waals surface area contributed by atoms with Crippen LogP contribution in [0.25, 0.3) is 11.0 Å². The predicted molar refractivity (Wildman–Crippen MR) is 113 cm³/mol. The van der Waals surface area contributed by atoms with Crippen LogP contribution in [0, 0.1) is 6.92 Å². The SMILES string of the molecule is Cc1ccc(N2CCN(C(=O)c3oc4ccccc4c3CN(C)C)CC2=O)cc1. The molecule has 0 saturated carbocycles. The van der Waals surface area contributed by atoms with Crippen molar-refractivity contribution in [3.05, 3.63) is 65.4 Å². The molecule has 0 N–H and O–H groups in total. The van der Waals surface area contributed by atoms with Gasteiger partial charge in [0.2, 0.25) is 5.91 Å². The fourth-order valence-corrected chi connectivity index (χ4v) is 3.73. The van der Waals surface area contributed by atoms with Gasteiger partial charge >= 0.3 is 0 Å². The lowest BCUT2D eigenvalue weighted by Gasteiger charge is -2.34. The maximum atomic E-state index is 13.2. The molecule has 0 radical (unpaired) electrons. The van der Waals surface area contributed by atoms with Gasteiger partial charge in [-0.1, -0.05) is 35.9 Å². The summed E-state index contributed by atoms with van der Waals surface area (Å²) in [6.07, 6.45) is 0. The van der Waals surface area contributed by atoms with Crippen molar-refractivity contribution in [3.8, 4) is 0 Å². The van der Waals surface area contributed by atoms with E-state index < -0.39 is 0 Å². The molecule has 1 fully saturated rings. The molecule has 6 nitrogen and oxygen atoms in total. The van der Waals surface area contributed by atoms with Crippen LogP contribution in [0.2, 0.25) is 0 Å². The van der Waals surface area contributed by atoms with Crippen molar-refractivity contribution in [1.29, 1.82) is 0 Å². The minimum atomic E-state index is -0.227. The quantitative estimate of drug-likeness (QED) is 0.685. The Morgan fingerprint density at radius 1 is 1.07 bits per heavy atom. The second-order valence-electron chi connectivity index (χ2n) is 7.75. The highest BCUT2D eigenvalue weighted by Crippen LogP contribution is 2.28. The molecule has 1 aliphatic heterocycles. The van der Waals surface area contributed by atoms with Gasteiger partial charge in [0, 0.05) is 36.3 Å². The summed E-state index contributed by atoms with van der Waals surface area (Å²) in [6.45, 7) is 3.59. The maximum Gasteiger partial charge on any atom is 0.290 e. The minimum absolute atomic E-state index is 0.0468. The number of carbonyl (C=O) groups excluding carboxylic acids is 2. The van der Waals surface area contributed by atoms with E-state index in [1.54, 1.807) is 9.80 Å². The zero-order chi connectivity index (χ0) is 20.5. The monoisotopic (exact) mass is 391 g/mol. The lowest BCUT2D eigenvalue weighted by atomic mass is 10.1. The van der Waals surface area contributed by atoms with E-state index in [0.29, 0.717) is 31.0 Å². The Morgan fingerprint density at radius 3 is 2.48 bits per heavy atom. The van der Waals surface area contributed by atoms with Crippen molar-refractivity contribution in [3.63, 3.8) is 0 Å². The Labute approximate surface area is 170 Å². The van der Waals surface area contributed by atoms with Gasteiger partial charge in [0.25, 0.3) is 5.91 Å². The van der Waals surface area contributed by atoms with Crippen molar-refractivity contribution in [2.24, 2.45) is 0 Å². The van der Waals surface area contributed by atoms with Gasteiger partial charge in [-0.3, -0.25) is 9.59 Å². The predicted octanol–water partition coefficient (Wildman–Crippen LogP) is 3.29. The van der Waals surface area contributed by atoms with E-state index in [2.05, 4.69) is 0 Å². The summed E-state index contributed by atoms with van der Waals surface area (Å²) >= 11 is 0. The Balaban J connectivity index is 1.58. The van der Waals surface area contributed by atoms with Gasteiger partial charge in [-0.2, -0.15) is 0 Å². The first kappa shape index (κ1) is 19.2. The third-order valence-corrected chi connectivity index (χ3v) is 5.22. The van der Waals surface area contributed by atoms with E-state index in [1.165, 1.54) is 0 Å². The fraction of sp³-hybridized carbons (Fsp3) is 0.304. The van der Waals surface area contributed by atoms with Crippen LogP contribution in [0.5, 0.6) is 0 Å². The van der Waals surface area contributed by atoms with Gasteiger partial charge in [-0.15, -0.1) is 0 Å². The normalized spacial score (nSPS) is 14.8. The minimum Gasteiger partial charge on any atom is -0.451 e. The highest BCUT2D eigenvalue weighted by atomic mass is 16.3.